The molecule has 3 aromatic rings. The van der Waals surface area contributed by atoms with Gasteiger partial charge < -0.3 is 13.4 Å². The van der Waals surface area contributed by atoms with Crippen LogP contribution in [0.5, 0.6) is 0 Å². The summed E-state index contributed by atoms with van der Waals surface area (Å²) in [6.07, 6.45) is 9.30. The molecule has 2 unspecified atom stereocenters. The first-order chi connectivity index (χ1) is 11.8. The second-order valence-electron chi connectivity index (χ2n) is 6.28. The van der Waals surface area contributed by atoms with Crippen LogP contribution in [0.4, 0.5) is 0 Å². The van der Waals surface area contributed by atoms with Gasteiger partial charge in [0.2, 0.25) is 0 Å². The first-order valence-corrected chi connectivity index (χ1v) is 8.60. The third-order valence-corrected chi connectivity index (χ3v) is 5.29. The van der Waals surface area contributed by atoms with Crippen molar-refractivity contribution in [3.63, 3.8) is 0 Å². The Bertz CT molecular complexity index is 892. The van der Waals surface area contributed by atoms with Crippen LogP contribution >= 0.6 is 0 Å². The largest absolute Gasteiger partial charge is 0.402 e. The highest BCUT2D eigenvalue weighted by Gasteiger charge is 2.28. The minimum Gasteiger partial charge on any atom is -0.402 e. The van der Waals surface area contributed by atoms with Gasteiger partial charge in [-0.1, -0.05) is 0 Å². The van der Waals surface area contributed by atoms with Gasteiger partial charge >= 0.3 is 0 Å². The Morgan fingerprint density at radius 3 is 3.12 bits per heavy atom. The van der Waals surface area contributed by atoms with Crippen molar-refractivity contribution in [3.05, 3.63) is 37.1 Å². The summed E-state index contributed by atoms with van der Waals surface area (Å²) in [6, 6.07) is 6.64. The molecule has 118 valence electrons. The van der Waals surface area contributed by atoms with Gasteiger partial charge in [0.15, 0.2) is 0 Å². The fraction of sp³-hybridized carbons (Fsp3) is 0.353. The maximum absolute atomic E-state index is 9.25. The maximum atomic E-state index is 9.25. The van der Waals surface area contributed by atoms with Crippen LogP contribution in [-0.2, 0) is 0 Å². The summed E-state index contributed by atoms with van der Waals surface area (Å²) < 4.78 is 4.45. The zero-order chi connectivity index (χ0) is 16.5. The van der Waals surface area contributed by atoms with Crippen molar-refractivity contribution in [2.45, 2.75) is 18.9 Å². The van der Waals surface area contributed by atoms with Crippen LogP contribution in [-0.4, -0.2) is 53.0 Å². The minimum absolute atomic E-state index is 0.206. The average molecular weight is 332 g/mol. The molecule has 7 heteroatoms. The summed E-state index contributed by atoms with van der Waals surface area (Å²) in [5.41, 5.74) is 2.83. The number of H-pyrrole nitrogens is 1. The summed E-state index contributed by atoms with van der Waals surface area (Å²) in [5.74, 6) is 0.500. The van der Waals surface area contributed by atoms with E-state index in [1.807, 2.05) is 12.3 Å². The Hall–Kier alpha value is -2.12. The van der Waals surface area contributed by atoms with Crippen LogP contribution in [0.2, 0.25) is 0 Å². The van der Waals surface area contributed by atoms with E-state index in [2.05, 4.69) is 64.4 Å². The molecule has 4 heterocycles. The van der Waals surface area contributed by atoms with Crippen molar-refractivity contribution < 1.29 is 0 Å². The number of rotatable bonds is 4. The second-order valence-corrected chi connectivity index (χ2v) is 7.01. The number of hydrogen-bond acceptors (Lipinski definition) is 4. The predicted octanol–water partition coefficient (Wildman–Crippen LogP) is 2.29. The fourth-order valence-corrected chi connectivity index (χ4v) is 4.02. The number of fused-ring (bicyclic) bond motifs is 1. The van der Waals surface area contributed by atoms with E-state index in [-0.39, 0.29) is 6.04 Å². The van der Waals surface area contributed by atoms with Crippen LogP contribution in [0.1, 0.15) is 18.9 Å². The van der Waals surface area contributed by atoms with Gasteiger partial charge in [0.05, 0.1) is 24.2 Å². The molecule has 0 saturated carbocycles. The van der Waals surface area contributed by atoms with E-state index in [0.29, 0.717) is 12.3 Å². The Morgan fingerprint density at radius 2 is 2.33 bits per heavy atom. The van der Waals surface area contributed by atoms with Crippen molar-refractivity contribution in [3.8, 4) is 17.3 Å². The van der Waals surface area contributed by atoms with E-state index in [1.54, 1.807) is 6.33 Å². The van der Waals surface area contributed by atoms with Gasteiger partial charge in [0.1, 0.15) is 12.0 Å². The van der Waals surface area contributed by atoms with Crippen LogP contribution < -0.4 is 0 Å². The van der Waals surface area contributed by atoms with E-state index in [1.165, 1.54) is 0 Å². The molecule has 2 radical (unpaired) electrons. The number of aromatic amines is 1. The van der Waals surface area contributed by atoms with E-state index in [4.69, 9.17) is 0 Å². The Labute approximate surface area is 148 Å². The Kier molecular flexibility index (Phi) is 4.12. The van der Waals surface area contributed by atoms with Gasteiger partial charge in [-0.3, -0.25) is 0 Å². The number of nitrogens with zero attached hydrogens (tertiary/aromatic N) is 5. The number of hydrogen-bond donors (Lipinski definition) is 1. The summed E-state index contributed by atoms with van der Waals surface area (Å²) in [6.45, 7) is 2.08. The lowest BCUT2D eigenvalue weighted by Crippen LogP contribution is -2.22. The van der Waals surface area contributed by atoms with Gasteiger partial charge in [0, 0.05) is 29.5 Å². The normalized spacial score (nSPS) is 19.5. The molecule has 6 nitrogen and oxygen atoms in total. The summed E-state index contributed by atoms with van der Waals surface area (Å²) in [5, 5.41) is 10.3. The van der Waals surface area contributed by atoms with E-state index in [0.717, 1.165) is 41.8 Å². The van der Waals surface area contributed by atoms with Gasteiger partial charge in [0.25, 0.3) is 16.5 Å². The van der Waals surface area contributed by atoms with E-state index >= 15 is 0 Å². The molecule has 1 saturated heterocycles. The standard InChI is InChI=1S/C17H17N6.Al/c18-5-1-15(12-2-6-19-9-12)23-8-4-13(10-23)16-14-3-7-20-17(14)22-11-21-16;/h3-4,7-8,10-12,15H,1-2,6,9H2,(H,20,21,22);/q-1;+1. The molecule has 2 atom stereocenters. The lowest BCUT2D eigenvalue weighted by molar-refractivity contribution is 0.344. The summed E-state index contributed by atoms with van der Waals surface area (Å²) in [7, 11) is 0. The van der Waals surface area contributed by atoms with Gasteiger partial charge in [-0.25, -0.2) is 9.97 Å². The second kappa shape index (κ2) is 6.41. The maximum Gasteiger partial charge on any atom is 0.255 e. The zero-order valence-electron chi connectivity index (χ0n) is 13.3. The SMILES string of the molecule is N#CCC(C1CC[N]([Al])C1)n1ccc(-c2ncnc3[nH]ccc23)c1. The molecule has 0 spiro atoms. The molecule has 0 bridgehead atoms. The fourth-order valence-electron chi connectivity index (χ4n) is 3.60. The van der Waals surface area contributed by atoms with Crippen molar-refractivity contribution in [2.24, 2.45) is 5.92 Å². The van der Waals surface area contributed by atoms with Gasteiger partial charge in [-0.05, 0) is 37.6 Å². The Morgan fingerprint density at radius 1 is 1.42 bits per heavy atom. The van der Waals surface area contributed by atoms with Crippen LogP contribution in [0.15, 0.2) is 37.1 Å². The smallest absolute Gasteiger partial charge is 0.255 e. The van der Waals surface area contributed by atoms with E-state index < -0.39 is 0 Å². The molecule has 24 heavy (non-hydrogen) atoms. The van der Waals surface area contributed by atoms with Gasteiger partial charge in [-0.15, -0.1) is 0 Å². The van der Waals surface area contributed by atoms with Crippen molar-refractivity contribution in [2.75, 3.05) is 13.1 Å². The molecule has 1 fully saturated rings. The molecular weight excluding hydrogens is 315 g/mol. The van der Waals surface area contributed by atoms with E-state index in [9.17, 15) is 5.26 Å². The molecule has 0 aliphatic carbocycles. The van der Waals surface area contributed by atoms with Crippen LogP contribution in [0.25, 0.3) is 22.3 Å². The van der Waals surface area contributed by atoms with Crippen molar-refractivity contribution >= 4 is 27.5 Å². The number of nitriles is 1. The molecule has 1 N–H and O–H groups in total. The predicted molar refractivity (Wildman–Crippen MR) is 92.0 cm³/mol. The summed E-state index contributed by atoms with van der Waals surface area (Å²) in [4.78, 5) is 11.8. The molecule has 3 aromatic heterocycles. The molecule has 4 rings (SSSR count). The number of aromatic nitrogens is 4. The highest BCUT2D eigenvalue weighted by atomic mass is 27.1. The van der Waals surface area contributed by atoms with Crippen LogP contribution in [0, 0.1) is 17.2 Å². The highest BCUT2D eigenvalue weighted by molar-refractivity contribution is 6.04. The number of nitrogens with one attached hydrogen (secondary N) is 1. The van der Waals surface area contributed by atoms with Crippen LogP contribution in [0.3, 0.4) is 0 Å². The molecule has 1 aliphatic heterocycles. The van der Waals surface area contributed by atoms with Crippen molar-refractivity contribution in [1.82, 2.24) is 23.4 Å². The lowest BCUT2D eigenvalue weighted by Gasteiger charge is -2.23. The summed E-state index contributed by atoms with van der Waals surface area (Å²) >= 11 is 2.77. The van der Waals surface area contributed by atoms with Gasteiger partial charge in [-0.2, -0.15) is 5.26 Å². The molecule has 0 aromatic carbocycles. The van der Waals surface area contributed by atoms with Crippen molar-refractivity contribution in [1.29, 1.82) is 5.26 Å². The minimum atomic E-state index is 0.206. The monoisotopic (exact) mass is 332 g/mol. The molecule has 0 amide bonds. The third kappa shape index (κ3) is 2.74. The zero-order valence-corrected chi connectivity index (χ0v) is 14.4. The lowest BCUT2D eigenvalue weighted by atomic mass is 9.96. The first kappa shape index (κ1) is 15.4. The Balaban J connectivity index is 1.68. The third-order valence-electron chi connectivity index (χ3n) is 4.83. The molecule has 1 aliphatic rings. The topological polar surface area (TPSA) is 73.5 Å². The molecular formula is C17H17AlN6. The highest BCUT2D eigenvalue weighted by Crippen LogP contribution is 2.32. The first-order valence-electron chi connectivity index (χ1n) is 8.09. The average Bonchev–Trinajstić information content (AvgIpc) is 3.32. The quantitative estimate of drug-likeness (QED) is 0.744.